The van der Waals surface area contributed by atoms with Gasteiger partial charge in [0.25, 0.3) is 0 Å². The van der Waals surface area contributed by atoms with Crippen molar-refractivity contribution >= 4 is 5.95 Å². The maximum Gasteiger partial charge on any atom is 0.322 e. The Morgan fingerprint density at radius 3 is 2.84 bits per heavy atom. The second-order valence-corrected chi connectivity index (χ2v) is 4.41. The van der Waals surface area contributed by atoms with Crippen LogP contribution >= 0.6 is 0 Å². The summed E-state index contributed by atoms with van der Waals surface area (Å²) >= 11 is 0. The van der Waals surface area contributed by atoms with E-state index >= 15 is 0 Å². The number of rotatable bonds is 3. The van der Waals surface area contributed by atoms with Crippen LogP contribution in [0.1, 0.15) is 24.2 Å². The number of nitrogens with zero attached hydrogens (tertiary/aromatic N) is 5. The fourth-order valence-electron chi connectivity index (χ4n) is 2.30. The first kappa shape index (κ1) is 11.9. The van der Waals surface area contributed by atoms with Crippen LogP contribution in [0.2, 0.25) is 0 Å². The monoisotopic (exact) mass is 260 g/mol. The average Bonchev–Trinajstić information content (AvgIpc) is 2.90. The predicted octanol–water partition coefficient (Wildman–Crippen LogP) is 0.986. The third-order valence-electron chi connectivity index (χ3n) is 3.25. The fourth-order valence-corrected chi connectivity index (χ4v) is 2.30. The standard InChI is InChI=1S/C12H16N6O/c1-13-10-15-11(17-12(16-10)19-2)18-7-14-8-5-3-4-6-9(8)18/h7H,3-6H2,1-2H3,(H,13,15,16,17). The van der Waals surface area contributed by atoms with E-state index in [-0.39, 0.29) is 0 Å². The SMILES string of the molecule is CNc1nc(OC)nc(-n2cnc3c2CCCC3)n1. The van der Waals surface area contributed by atoms with Gasteiger partial charge in [-0.05, 0) is 25.7 Å². The van der Waals surface area contributed by atoms with Gasteiger partial charge in [0, 0.05) is 12.7 Å². The van der Waals surface area contributed by atoms with Crippen LogP contribution in [0.15, 0.2) is 6.33 Å². The van der Waals surface area contributed by atoms with E-state index in [1.807, 2.05) is 4.57 Å². The van der Waals surface area contributed by atoms with E-state index in [2.05, 4.69) is 25.3 Å². The summed E-state index contributed by atoms with van der Waals surface area (Å²) in [5, 5.41) is 2.91. The molecule has 2 heterocycles. The van der Waals surface area contributed by atoms with Gasteiger partial charge in [0.05, 0.1) is 12.8 Å². The summed E-state index contributed by atoms with van der Waals surface area (Å²) in [6, 6.07) is 0.299. The highest BCUT2D eigenvalue weighted by atomic mass is 16.5. The maximum atomic E-state index is 5.10. The summed E-state index contributed by atoms with van der Waals surface area (Å²) in [4.78, 5) is 17.2. The van der Waals surface area contributed by atoms with Crippen molar-refractivity contribution in [3.8, 4) is 12.0 Å². The molecule has 2 aromatic rings. The topological polar surface area (TPSA) is 77.8 Å². The van der Waals surface area contributed by atoms with Crippen LogP contribution in [-0.4, -0.2) is 38.7 Å². The summed E-state index contributed by atoms with van der Waals surface area (Å²) in [6.45, 7) is 0. The zero-order chi connectivity index (χ0) is 13.2. The van der Waals surface area contributed by atoms with E-state index < -0.39 is 0 Å². The number of methoxy groups -OCH3 is 1. The van der Waals surface area contributed by atoms with Gasteiger partial charge in [-0.2, -0.15) is 15.0 Å². The van der Waals surface area contributed by atoms with E-state index in [1.54, 1.807) is 20.5 Å². The van der Waals surface area contributed by atoms with Gasteiger partial charge in [-0.15, -0.1) is 0 Å². The van der Waals surface area contributed by atoms with Crippen molar-refractivity contribution in [2.24, 2.45) is 0 Å². The molecule has 0 saturated heterocycles. The number of nitrogens with one attached hydrogen (secondary N) is 1. The second-order valence-electron chi connectivity index (χ2n) is 4.41. The molecule has 7 heteroatoms. The van der Waals surface area contributed by atoms with Crippen molar-refractivity contribution in [1.82, 2.24) is 24.5 Å². The number of aromatic nitrogens is 5. The van der Waals surface area contributed by atoms with Crippen molar-refractivity contribution in [2.45, 2.75) is 25.7 Å². The smallest absolute Gasteiger partial charge is 0.322 e. The first-order valence-corrected chi connectivity index (χ1v) is 6.35. The lowest BCUT2D eigenvalue weighted by Crippen LogP contribution is -2.11. The van der Waals surface area contributed by atoms with E-state index in [0.717, 1.165) is 18.5 Å². The Bertz CT molecular complexity index is 572. The first-order valence-electron chi connectivity index (χ1n) is 6.35. The number of hydrogen-bond donors (Lipinski definition) is 1. The Kier molecular flexibility index (Phi) is 3.02. The average molecular weight is 260 g/mol. The number of anilines is 1. The summed E-state index contributed by atoms with van der Waals surface area (Å²) in [5.74, 6) is 1.03. The summed E-state index contributed by atoms with van der Waals surface area (Å²) in [7, 11) is 3.31. The van der Waals surface area contributed by atoms with Gasteiger partial charge >= 0.3 is 6.01 Å². The van der Waals surface area contributed by atoms with Crippen LogP contribution in [0.3, 0.4) is 0 Å². The molecule has 100 valence electrons. The lowest BCUT2D eigenvalue weighted by atomic mass is 10.0. The van der Waals surface area contributed by atoms with Crippen LogP contribution < -0.4 is 10.1 Å². The highest BCUT2D eigenvalue weighted by Crippen LogP contribution is 2.22. The van der Waals surface area contributed by atoms with E-state index in [9.17, 15) is 0 Å². The largest absolute Gasteiger partial charge is 0.467 e. The number of aryl methyl sites for hydroxylation is 1. The van der Waals surface area contributed by atoms with Crippen LogP contribution in [0.5, 0.6) is 6.01 Å². The van der Waals surface area contributed by atoms with Gasteiger partial charge < -0.3 is 10.1 Å². The quantitative estimate of drug-likeness (QED) is 0.886. The summed E-state index contributed by atoms with van der Waals surface area (Å²) in [5.41, 5.74) is 2.35. The van der Waals surface area contributed by atoms with E-state index in [0.29, 0.717) is 17.9 Å². The molecule has 1 aliphatic rings. The number of hydrogen-bond acceptors (Lipinski definition) is 6. The molecule has 19 heavy (non-hydrogen) atoms. The van der Waals surface area contributed by atoms with Gasteiger partial charge in [0.1, 0.15) is 6.33 Å². The van der Waals surface area contributed by atoms with Crippen molar-refractivity contribution < 1.29 is 4.74 Å². The first-order chi connectivity index (χ1) is 9.31. The number of fused-ring (bicyclic) bond motifs is 1. The molecule has 0 aliphatic heterocycles. The molecule has 0 aromatic carbocycles. The number of ether oxygens (including phenoxy) is 1. The van der Waals surface area contributed by atoms with Crippen molar-refractivity contribution in [1.29, 1.82) is 0 Å². The molecule has 0 bridgehead atoms. The van der Waals surface area contributed by atoms with Crippen molar-refractivity contribution in [2.75, 3.05) is 19.5 Å². The molecular weight excluding hydrogens is 244 g/mol. The van der Waals surface area contributed by atoms with Crippen LogP contribution in [-0.2, 0) is 12.8 Å². The van der Waals surface area contributed by atoms with Gasteiger partial charge in [0.15, 0.2) is 0 Å². The van der Waals surface area contributed by atoms with Gasteiger partial charge in [-0.1, -0.05) is 0 Å². The Morgan fingerprint density at radius 2 is 2.05 bits per heavy atom. The minimum Gasteiger partial charge on any atom is -0.467 e. The van der Waals surface area contributed by atoms with E-state index in [4.69, 9.17) is 4.74 Å². The van der Waals surface area contributed by atoms with Gasteiger partial charge in [-0.25, -0.2) is 4.98 Å². The Hall–Kier alpha value is -2.18. The third-order valence-corrected chi connectivity index (χ3v) is 3.25. The Labute approximate surface area is 111 Å². The molecule has 0 saturated carbocycles. The molecule has 1 aliphatic carbocycles. The molecule has 0 radical (unpaired) electrons. The molecule has 0 unspecified atom stereocenters. The minimum atomic E-state index is 0.299. The number of imidazole rings is 1. The lowest BCUT2D eigenvalue weighted by Gasteiger charge is -2.13. The molecule has 3 rings (SSSR count). The maximum absolute atomic E-state index is 5.10. The molecule has 7 nitrogen and oxygen atoms in total. The lowest BCUT2D eigenvalue weighted by molar-refractivity contribution is 0.378. The third kappa shape index (κ3) is 2.11. The van der Waals surface area contributed by atoms with Gasteiger partial charge in [-0.3, -0.25) is 4.57 Å². The Balaban J connectivity index is 2.08. The van der Waals surface area contributed by atoms with Crippen LogP contribution in [0, 0.1) is 0 Å². The normalized spacial score (nSPS) is 14.0. The summed E-state index contributed by atoms with van der Waals surface area (Å²) < 4.78 is 7.03. The highest BCUT2D eigenvalue weighted by molar-refractivity contribution is 5.32. The van der Waals surface area contributed by atoms with Crippen LogP contribution in [0.25, 0.3) is 5.95 Å². The Morgan fingerprint density at radius 1 is 1.21 bits per heavy atom. The highest BCUT2D eigenvalue weighted by Gasteiger charge is 2.18. The molecule has 0 spiro atoms. The minimum absolute atomic E-state index is 0.299. The zero-order valence-corrected chi connectivity index (χ0v) is 11.1. The predicted molar refractivity (Wildman–Crippen MR) is 69.7 cm³/mol. The second kappa shape index (κ2) is 4.83. The molecule has 1 N–H and O–H groups in total. The molecule has 0 fully saturated rings. The zero-order valence-electron chi connectivity index (χ0n) is 11.1. The van der Waals surface area contributed by atoms with Crippen molar-refractivity contribution in [3.63, 3.8) is 0 Å². The molecule has 2 aromatic heterocycles. The molecule has 0 amide bonds. The van der Waals surface area contributed by atoms with Crippen LogP contribution in [0.4, 0.5) is 5.95 Å². The molecular formula is C12H16N6O. The van der Waals surface area contributed by atoms with Gasteiger partial charge in [0.2, 0.25) is 11.9 Å². The fraction of sp³-hybridized carbons (Fsp3) is 0.500. The summed E-state index contributed by atoms with van der Waals surface area (Å²) in [6.07, 6.45) is 6.21. The van der Waals surface area contributed by atoms with Crippen molar-refractivity contribution in [3.05, 3.63) is 17.7 Å². The van der Waals surface area contributed by atoms with E-state index in [1.165, 1.54) is 18.5 Å². The molecule has 0 atom stereocenters.